The van der Waals surface area contributed by atoms with Crippen molar-refractivity contribution in [1.82, 2.24) is 0 Å². The fourth-order valence-corrected chi connectivity index (χ4v) is 4.22. The molecule has 0 bridgehead atoms. The first-order valence-corrected chi connectivity index (χ1v) is 11.9. The number of nitriles is 1. The standard InChI is InChI=1S/C19H19NO5P.C7H5NO/c1-22-16-6-10-18(11-7-16)24-26(21,20-14-4-3-5-15-20)25-19-12-8-17(23-2)9-13-19;8-5-6-1-3-7(9)4-2-6/h3-15H,1-2H3;1-4,9H/q+1;/p-1. The van der Waals surface area contributed by atoms with E-state index in [1.54, 1.807) is 87.3 Å². The summed E-state index contributed by atoms with van der Waals surface area (Å²) in [5.41, 5.74) is 0.523. The predicted molar refractivity (Wildman–Crippen MR) is 127 cm³/mol. The maximum Gasteiger partial charge on any atom is 0.728 e. The summed E-state index contributed by atoms with van der Waals surface area (Å²) in [5.74, 6) is 2.10. The summed E-state index contributed by atoms with van der Waals surface area (Å²) in [6.45, 7) is 0. The van der Waals surface area contributed by atoms with Gasteiger partial charge in [0.05, 0.1) is 25.9 Å². The summed E-state index contributed by atoms with van der Waals surface area (Å²) in [7, 11) is -0.574. The highest BCUT2D eigenvalue weighted by molar-refractivity contribution is 7.47. The predicted octanol–water partition coefficient (Wildman–Crippen LogP) is 4.74. The Labute approximate surface area is 203 Å². The summed E-state index contributed by atoms with van der Waals surface area (Å²) < 4.78 is 36.7. The second-order valence-electron chi connectivity index (χ2n) is 6.89. The lowest BCUT2D eigenvalue weighted by atomic mass is 10.2. The zero-order chi connectivity index (χ0) is 25.1. The molecule has 8 nitrogen and oxygen atoms in total. The van der Waals surface area contributed by atoms with E-state index in [9.17, 15) is 9.67 Å². The summed E-state index contributed by atoms with van der Waals surface area (Å²) in [4.78, 5) is 0. The molecule has 0 atom stereocenters. The van der Waals surface area contributed by atoms with Crippen molar-refractivity contribution in [3.63, 3.8) is 0 Å². The molecule has 1 heterocycles. The molecule has 0 spiro atoms. The van der Waals surface area contributed by atoms with Gasteiger partial charge in [-0.05, 0) is 60.7 Å². The first-order chi connectivity index (χ1) is 17.0. The van der Waals surface area contributed by atoms with E-state index < -0.39 is 7.75 Å². The molecule has 0 unspecified atom stereocenters. The molecule has 0 aliphatic heterocycles. The Bertz CT molecular complexity index is 1240. The fourth-order valence-electron chi connectivity index (χ4n) is 2.73. The molecule has 178 valence electrons. The molecule has 35 heavy (non-hydrogen) atoms. The molecule has 0 aliphatic carbocycles. The minimum Gasteiger partial charge on any atom is -0.872 e. The summed E-state index contributed by atoms with van der Waals surface area (Å²) in [5, 5.41) is 18.7. The van der Waals surface area contributed by atoms with E-state index in [1.165, 1.54) is 28.6 Å². The molecule has 0 saturated heterocycles. The monoisotopic (exact) mass is 490 g/mol. The van der Waals surface area contributed by atoms with Crippen molar-refractivity contribution in [3.05, 3.63) is 109 Å². The molecule has 0 saturated carbocycles. The number of benzene rings is 3. The molecule has 9 heteroatoms. The Morgan fingerprint density at radius 3 is 1.54 bits per heavy atom. The molecule has 0 radical (unpaired) electrons. The zero-order valence-corrected chi connectivity index (χ0v) is 20.0. The van der Waals surface area contributed by atoms with Crippen LogP contribution in [0.3, 0.4) is 0 Å². The Balaban J connectivity index is 0.000000320. The lowest BCUT2D eigenvalue weighted by molar-refractivity contribution is -0.536. The van der Waals surface area contributed by atoms with Crippen molar-refractivity contribution >= 4 is 7.75 Å². The summed E-state index contributed by atoms with van der Waals surface area (Å²) >= 11 is 0. The van der Waals surface area contributed by atoms with E-state index in [0.29, 0.717) is 28.6 Å². The van der Waals surface area contributed by atoms with Crippen LogP contribution in [0.5, 0.6) is 28.7 Å². The summed E-state index contributed by atoms with van der Waals surface area (Å²) in [6.07, 6.45) is 3.27. The Hall–Kier alpha value is -4.47. The first-order valence-electron chi connectivity index (χ1n) is 10.4. The van der Waals surface area contributed by atoms with Gasteiger partial charge in [0, 0.05) is 12.1 Å². The molecule has 3 aromatic carbocycles. The summed E-state index contributed by atoms with van der Waals surface area (Å²) in [6, 6.07) is 26.6. The van der Waals surface area contributed by atoms with Crippen LogP contribution in [0, 0.1) is 11.3 Å². The number of hydrogen-bond acceptors (Lipinski definition) is 7. The van der Waals surface area contributed by atoms with Gasteiger partial charge in [-0.15, -0.1) is 5.75 Å². The fraction of sp³-hybridized carbons (Fsp3) is 0.0769. The van der Waals surface area contributed by atoms with E-state index in [4.69, 9.17) is 23.8 Å². The third-order valence-corrected chi connectivity index (χ3v) is 6.24. The highest BCUT2D eigenvalue weighted by atomic mass is 31.2. The van der Waals surface area contributed by atoms with Crippen LogP contribution in [0.4, 0.5) is 0 Å². The van der Waals surface area contributed by atoms with E-state index >= 15 is 0 Å². The number of nitrogens with zero attached hydrogens (tertiary/aromatic N) is 2. The average molecular weight is 490 g/mol. The molecule has 0 amide bonds. The second kappa shape index (κ2) is 12.1. The van der Waals surface area contributed by atoms with Gasteiger partial charge in [0.2, 0.25) is 0 Å². The maximum absolute atomic E-state index is 13.5. The topological polar surface area (TPSA) is 105 Å². The van der Waals surface area contributed by atoms with E-state index in [0.717, 1.165) is 0 Å². The molecular weight excluding hydrogens is 467 g/mol. The molecular formula is C26H23N2O6P. The lowest BCUT2D eigenvalue weighted by Crippen LogP contribution is -2.34. The number of pyridine rings is 1. The average Bonchev–Trinajstić information content (AvgIpc) is 2.91. The van der Waals surface area contributed by atoms with Gasteiger partial charge >= 0.3 is 7.75 Å². The van der Waals surface area contributed by atoms with Crippen LogP contribution >= 0.6 is 7.75 Å². The van der Waals surface area contributed by atoms with Crippen LogP contribution in [-0.4, -0.2) is 14.2 Å². The molecule has 1 aromatic heterocycles. The van der Waals surface area contributed by atoms with Crippen molar-refractivity contribution in [2.45, 2.75) is 0 Å². The Morgan fingerprint density at radius 2 is 1.14 bits per heavy atom. The van der Waals surface area contributed by atoms with Crippen LogP contribution in [0.1, 0.15) is 5.56 Å². The molecule has 4 aromatic rings. The molecule has 0 N–H and O–H groups in total. The maximum atomic E-state index is 13.5. The van der Waals surface area contributed by atoms with E-state index in [1.807, 2.05) is 12.1 Å². The van der Waals surface area contributed by atoms with Crippen LogP contribution in [0.15, 0.2) is 103 Å². The highest BCUT2D eigenvalue weighted by Crippen LogP contribution is 2.44. The van der Waals surface area contributed by atoms with Gasteiger partial charge in [-0.25, -0.2) is 0 Å². The zero-order valence-electron chi connectivity index (χ0n) is 19.1. The van der Waals surface area contributed by atoms with E-state index in [2.05, 4.69) is 0 Å². The van der Waals surface area contributed by atoms with Crippen molar-refractivity contribution < 1.29 is 32.5 Å². The highest BCUT2D eigenvalue weighted by Gasteiger charge is 2.42. The molecule has 4 rings (SSSR count). The normalized spacial score (nSPS) is 10.2. The van der Waals surface area contributed by atoms with Crippen molar-refractivity contribution in [3.8, 4) is 34.8 Å². The van der Waals surface area contributed by atoms with Crippen LogP contribution < -0.4 is 28.0 Å². The largest absolute Gasteiger partial charge is 0.872 e. The van der Waals surface area contributed by atoms with Crippen molar-refractivity contribution in [2.75, 3.05) is 14.2 Å². The SMILES string of the molecule is COc1ccc(OP(=O)(Oc2ccc(OC)cc2)[n+]2ccccc2)cc1.N#Cc1ccc([O-])cc1. The van der Waals surface area contributed by atoms with Gasteiger partial charge in [0.15, 0.2) is 12.4 Å². The third kappa shape index (κ3) is 7.26. The Morgan fingerprint density at radius 1 is 0.714 bits per heavy atom. The number of rotatable bonds is 7. The van der Waals surface area contributed by atoms with Crippen LogP contribution in [-0.2, 0) is 4.57 Å². The van der Waals surface area contributed by atoms with Crippen LogP contribution in [0.2, 0.25) is 0 Å². The molecule has 0 aliphatic rings. The Kier molecular flexibility index (Phi) is 8.71. The number of ether oxygens (including phenoxy) is 2. The van der Waals surface area contributed by atoms with Gasteiger partial charge in [-0.3, -0.25) is 0 Å². The minimum atomic E-state index is -3.73. The number of methoxy groups -OCH3 is 2. The second-order valence-corrected chi connectivity index (χ2v) is 8.66. The lowest BCUT2D eigenvalue weighted by Gasteiger charge is -2.14. The number of hydrogen-bond donors (Lipinski definition) is 0. The van der Waals surface area contributed by atoms with E-state index in [-0.39, 0.29) is 5.75 Å². The first kappa shape index (κ1) is 25.2. The van der Waals surface area contributed by atoms with Crippen LogP contribution in [0.25, 0.3) is 0 Å². The van der Waals surface area contributed by atoms with Gasteiger partial charge in [0.1, 0.15) is 23.0 Å². The number of aromatic nitrogens is 1. The van der Waals surface area contributed by atoms with Gasteiger partial charge in [0.25, 0.3) is 0 Å². The minimum absolute atomic E-state index is 0.0611. The smallest absolute Gasteiger partial charge is 0.728 e. The van der Waals surface area contributed by atoms with Gasteiger partial charge in [-0.2, -0.15) is 9.83 Å². The van der Waals surface area contributed by atoms with Crippen molar-refractivity contribution in [2.24, 2.45) is 0 Å². The quantitative estimate of drug-likeness (QED) is 0.345. The van der Waals surface area contributed by atoms with Crippen molar-refractivity contribution in [1.29, 1.82) is 5.26 Å². The molecule has 0 fully saturated rings. The third-order valence-electron chi connectivity index (χ3n) is 4.53. The van der Waals surface area contributed by atoms with Gasteiger partial charge in [-0.1, -0.05) is 22.5 Å². The van der Waals surface area contributed by atoms with Gasteiger partial charge < -0.3 is 23.6 Å².